The summed E-state index contributed by atoms with van der Waals surface area (Å²) in [4.78, 5) is 27.2. The summed E-state index contributed by atoms with van der Waals surface area (Å²) in [5, 5.41) is 25.8. The minimum absolute atomic E-state index is 0.558. The number of nitrogens with zero attached hydrogens (tertiary/aromatic N) is 4. The number of H-pyrrole nitrogens is 1. The lowest BCUT2D eigenvalue weighted by Crippen LogP contribution is -2.27. The Morgan fingerprint density at radius 2 is 1.66 bits per heavy atom. The highest BCUT2D eigenvalue weighted by atomic mass is 16.4. The van der Waals surface area contributed by atoms with E-state index < -0.39 is 11.9 Å². The van der Waals surface area contributed by atoms with Crippen LogP contribution in [0.2, 0.25) is 0 Å². The topological polar surface area (TPSA) is 123 Å². The number of nitrogens with one attached hydrogen (secondary N) is 1. The van der Waals surface area contributed by atoms with Crippen LogP contribution in [0.15, 0.2) is 54.7 Å². The second kappa shape index (κ2) is 9.19. The van der Waals surface area contributed by atoms with E-state index in [4.69, 9.17) is 10.2 Å². The number of benzene rings is 1. The second-order valence-electron chi connectivity index (χ2n) is 8.21. The predicted molar refractivity (Wildman–Crippen MR) is 120 cm³/mol. The van der Waals surface area contributed by atoms with Gasteiger partial charge in [-0.1, -0.05) is 6.07 Å². The molecule has 0 bridgehead atoms. The molecular weight excluding hydrogens is 410 g/mol. The third-order valence-electron chi connectivity index (χ3n) is 5.86. The molecule has 0 spiro atoms. The van der Waals surface area contributed by atoms with Crippen molar-refractivity contribution >= 4 is 28.7 Å². The zero-order valence-electron chi connectivity index (χ0n) is 17.7. The van der Waals surface area contributed by atoms with Crippen LogP contribution in [0.3, 0.4) is 0 Å². The largest absolute Gasteiger partial charge is 0.478 e. The van der Waals surface area contributed by atoms with Gasteiger partial charge in [0.1, 0.15) is 0 Å². The summed E-state index contributed by atoms with van der Waals surface area (Å²) in [6, 6.07) is 12.6. The number of carboxylic acids is 2. The molecule has 2 saturated heterocycles. The molecule has 2 fully saturated rings. The standard InChI is InChI=1S/C19H21N5.C4H4O4/c1-23-9-15-11-24(12-16(15)10-23)19-5-4-18(21-22-19)13-2-3-17-14(8-13)6-7-20-17;5-3(6)1-2-4(7)8/h2-8,15-16,20H,9-12H2,1H3;1-2H,(H,5,6)(H,7,8). The van der Waals surface area contributed by atoms with Crippen molar-refractivity contribution in [3.8, 4) is 11.3 Å². The Hall–Kier alpha value is -3.72. The van der Waals surface area contributed by atoms with Gasteiger partial charge < -0.3 is 25.0 Å². The molecule has 9 nitrogen and oxygen atoms in total. The van der Waals surface area contributed by atoms with Crippen LogP contribution in [-0.4, -0.2) is 75.5 Å². The fourth-order valence-corrected chi connectivity index (χ4v) is 4.42. The van der Waals surface area contributed by atoms with Crippen LogP contribution in [0.25, 0.3) is 22.2 Å². The van der Waals surface area contributed by atoms with E-state index in [1.165, 1.54) is 18.5 Å². The summed E-state index contributed by atoms with van der Waals surface area (Å²) in [6.07, 6.45) is 3.08. The zero-order chi connectivity index (χ0) is 22.7. The van der Waals surface area contributed by atoms with Gasteiger partial charge in [0.2, 0.25) is 0 Å². The van der Waals surface area contributed by atoms with Gasteiger partial charge in [0, 0.05) is 61.0 Å². The van der Waals surface area contributed by atoms with Gasteiger partial charge in [-0.05, 0) is 49.2 Å². The summed E-state index contributed by atoms with van der Waals surface area (Å²) in [5.41, 5.74) is 3.19. The molecule has 2 atom stereocenters. The molecule has 166 valence electrons. The molecule has 0 amide bonds. The van der Waals surface area contributed by atoms with Crippen molar-refractivity contribution < 1.29 is 19.8 Å². The fourth-order valence-electron chi connectivity index (χ4n) is 4.42. The van der Waals surface area contributed by atoms with Gasteiger partial charge in [0.05, 0.1) is 5.69 Å². The molecule has 0 saturated carbocycles. The number of carbonyl (C=O) groups is 2. The van der Waals surface area contributed by atoms with E-state index >= 15 is 0 Å². The van der Waals surface area contributed by atoms with Gasteiger partial charge >= 0.3 is 11.9 Å². The van der Waals surface area contributed by atoms with Gasteiger partial charge in [-0.2, -0.15) is 0 Å². The summed E-state index contributed by atoms with van der Waals surface area (Å²) in [6.45, 7) is 4.64. The van der Waals surface area contributed by atoms with E-state index in [0.717, 1.165) is 47.5 Å². The highest BCUT2D eigenvalue weighted by Gasteiger charge is 2.39. The maximum absolute atomic E-state index is 9.55. The van der Waals surface area contributed by atoms with Crippen LogP contribution in [-0.2, 0) is 9.59 Å². The first-order chi connectivity index (χ1) is 15.4. The normalized spacial score (nSPS) is 20.3. The minimum atomic E-state index is -1.26. The Kier molecular flexibility index (Phi) is 6.18. The number of rotatable bonds is 4. The van der Waals surface area contributed by atoms with Crippen LogP contribution in [0, 0.1) is 11.8 Å². The molecule has 2 aromatic heterocycles. The average molecular weight is 435 g/mol. The lowest BCUT2D eigenvalue weighted by atomic mass is 10.0. The van der Waals surface area contributed by atoms with E-state index in [9.17, 15) is 9.59 Å². The maximum atomic E-state index is 9.55. The van der Waals surface area contributed by atoms with Gasteiger partial charge in [0.15, 0.2) is 5.82 Å². The van der Waals surface area contributed by atoms with Crippen molar-refractivity contribution in [2.45, 2.75) is 0 Å². The van der Waals surface area contributed by atoms with E-state index in [0.29, 0.717) is 12.2 Å². The molecule has 1 aromatic carbocycles. The zero-order valence-corrected chi connectivity index (χ0v) is 17.7. The Labute approximate surface area is 185 Å². The Balaban J connectivity index is 0.000000265. The molecule has 0 aliphatic carbocycles. The van der Waals surface area contributed by atoms with Crippen molar-refractivity contribution in [3.63, 3.8) is 0 Å². The first-order valence-electron chi connectivity index (χ1n) is 10.4. The number of aromatic amines is 1. The SMILES string of the molecule is CN1CC2CN(c3ccc(-c4ccc5[nH]ccc5c4)nn3)CC2C1.O=C(O)C=CC(=O)O. The molecule has 0 radical (unpaired) electrons. The smallest absolute Gasteiger partial charge is 0.328 e. The van der Waals surface area contributed by atoms with E-state index in [1.54, 1.807) is 0 Å². The highest BCUT2D eigenvalue weighted by Crippen LogP contribution is 2.32. The molecule has 4 heterocycles. The summed E-state index contributed by atoms with van der Waals surface area (Å²) < 4.78 is 0. The Morgan fingerprint density at radius 1 is 0.969 bits per heavy atom. The first kappa shape index (κ1) is 21.5. The quantitative estimate of drug-likeness (QED) is 0.534. The molecule has 5 rings (SSSR count). The molecule has 2 unspecified atom stereocenters. The number of hydrogen-bond acceptors (Lipinski definition) is 6. The minimum Gasteiger partial charge on any atom is -0.478 e. The molecule has 3 N–H and O–H groups in total. The van der Waals surface area contributed by atoms with E-state index in [-0.39, 0.29) is 0 Å². The van der Waals surface area contributed by atoms with Crippen molar-refractivity contribution in [2.75, 3.05) is 38.1 Å². The van der Waals surface area contributed by atoms with Crippen LogP contribution in [0.4, 0.5) is 5.82 Å². The van der Waals surface area contributed by atoms with Crippen LogP contribution < -0.4 is 4.90 Å². The van der Waals surface area contributed by atoms with Crippen molar-refractivity contribution in [1.82, 2.24) is 20.1 Å². The molecule has 3 aromatic rings. The number of anilines is 1. The number of hydrogen-bond donors (Lipinski definition) is 3. The maximum Gasteiger partial charge on any atom is 0.328 e. The lowest BCUT2D eigenvalue weighted by molar-refractivity contribution is -0.134. The van der Waals surface area contributed by atoms with Gasteiger partial charge in [-0.3, -0.25) is 0 Å². The van der Waals surface area contributed by atoms with Crippen LogP contribution >= 0.6 is 0 Å². The van der Waals surface area contributed by atoms with Crippen LogP contribution in [0.5, 0.6) is 0 Å². The monoisotopic (exact) mass is 435 g/mol. The third kappa shape index (κ3) is 4.94. The van der Waals surface area contributed by atoms with Crippen molar-refractivity contribution in [1.29, 1.82) is 0 Å². The number of likely N-dealkylation sites (tertiary alicyclic amines) is 1. The summed E-state index contributed by atoms with van der Waals surface area (Å²) >= 11 is 0. The molecule has 2 aliphatic heterocycles. The van der Waals surface area contributed by atoms with E-state index in [2.05, 4.69) is 68.4 Å². The summed E-state index contributed by atoms with van der Waals surface area (Å²) in [7, 11) is 2.22. The highest BCUT2D eigenvalue weighted by molar-refractivity contribution is 5.89. The van der Waals surface area contributed by atoms with Crippen LogP contribution in [0.1, 0.15) is 0 Å². The fraction of sp³-hybridized carbons (Fsp3) is 0.304. The Bertz CT molecular complexity index is 1110. The Morgan fingerprint density at radius 3 is 2.25 bits per heavy atom. The van der Waals surface area contributed by atoms with Crippen molar-refractivity contribution in [2.24, 2.45) is 11.8 Å². The molecule has 9 heteroatoms. The van der Waals surface area contributed by atoms with E-state index in [1.807, 2.05) is 6.20 Å². The van der Waals surface area contributed by atoms with Crippen molar-refractivity contribution in [3.05, 3.63) is 54.7 Å². The lowest BCUT2D eigenvalue weighted by Gasteiger charge is -2.19. The predicted octanol–water partition coefficient (Wildman–Crippen LogP) is 2.33. The molecular formula is C23H25N5O4. The molecule has 2 aliphatic rings. The second-order valence-corrected chi connectivity index (χ2v) is 8.21. The number of fused-ring (bicyclic) bond motifs is 2. The van der Waals surface area contributed by atoms with Gasteiger partial charge in [-0.25, -0.2) is 9.59 Å². The third-order valence-corrected chi connectivity index (χ3v) is 5.86. The molecule has 32 heavy (non-hydrogen) atoms. The van der Waals surface area contributed by atoms with Gasteiger partial charge in [-0.15, -0.1) is 10.2 Å². The number of carboxylic acid groups (broad SMARTS) is 2. The first-order valence-corrected chi connectivity index (χ1v) is 10.4. The number of aliphatic carboxylic acids is 2. The average Bonchev–Trinajstić information content (AvgIpc) is 3.47. The van der Waals surface area contributed by atoms with Gasteiger partial charge in [0.25, 0.3) is 0 Å². The number of aromatic nitrogens is 3. The summed E-state index contributed by atoms with van der Waals surface area (Å²) in [5.74, 6) is 0.0678.